The lowest BCUT2D eigenvalue weighted by Gasteiger charge is -2.56. The smallest absolute Gasteiger partial charge is 0.152 e. The molecule has 1 heterocycles. The fourth-order valence-electron chi connectivity index (χ4n) is 9.75. The Balaban J connectivity index is 1.30. The molecule has 58 heavy (non-hydrogen) atoms. The van der Waals surface area contributed by atoms with Gasteiger partial charge in [-0.2, -0.15) is 0 Å². The summed E-state index contributed by atoms with van der Waals surface area (Å²) in [7, 11) is 0. The monoisotopic (exact) mass is 742 g/mol. The molecule has 0 amide bonds. The lowest BCUT2D eigenvalue weighted by atomic mass is 9.45. The van der Waals surface area contributed by atoms with Gasteiger partial charge in [0.2, 0.25) is 0 Å². The van der Waals surface area contributed by atoms with Crippen molar-refractivity contribution in [2.75, 3.05) is 9.80 Å². The summed E-state index contributed by atoms with van der Waals surface area (Å²) in [5.41, 5.74) is 11.2. The minimum Gasteiger partial charge on any atom is -0.295 e. The van der Waals surface area contributed by atoms with Gasteiger partial charge in [0.25, 0.3) is 0 Å². The summed E-state index contributed by atoms with van der Waals surface area (Å²) in [4.78, 5) is 16.2. The van der Waals surface area contributed by atoms with E-state index in [1.165, 1.54) is 38.9 Å². The average Bonchev–Trinajstić information content (AvgIpc) is 3.31. The van der Waals surface area contributed by atoms with Gasteiger partial charge in [-0.15, -0.1) is 0 Å². The second-order valence-corrected chi connectivity index (χ2v) is 14.9. The number of hydrogen-bond donors (Lipinski definition) is 0. The summed E-state index contributed by atoms with van der Waals surface area (Å²) in [5.74, 6) is 2.24. The molecule has 0 radical (unpaired) electrons. The minimum absolute atomic E-state index is 0.534. The van der Waals surface area contributed by atoms with Crippen molar-refractivity contribution in [3.8, 4) is 0 Å². The maximum atomic E-state index is 5.83. The number of para-hydroxylation sites is 4. The Kier molecular flexibility index (Phi) is 7.90. The van der Waals surface area contributed by atoms with E-state index in [1.807, 2.05) is 0 Å². The van der Waals surface area contributed by atoms with E-state index in [9.17, 15) is 0 Å². The number of aromatic nitrogens is 2. The van der Waals surface area contributed by atoms with Crippen LogP contribution in [0.1, 0.15) is 44.8 Å². The van der Waals surface area contributed by atoms with Gasteiger partial charge in [-0.25, -0.2) is 9.97 Å². The van der Waals surface area contributed by atoms with E-state index >= 15 is 0 Å². The van der Waals surface area contributed by atoms with Crippen molar-refractivity contribution in [3.63, 3.8) is 0 Å². The molecule has 3 aliphatic rings. The van der Waals surface area contributed by atoms with Gasteiger partial charge in [0, 0.05) is 28.8 Å². The third kappa shape index (κ3) is 4.88. The van der Waals surface area contributed by atoms with Gasteiger partial charge in [-0.1, -0.05) is 176 Å². The van der Waals surface area contributed by atoms with Gasteiger partial charge in [0.05, 0.1) is 5.41 Å². The molecule has 0 N–H and O–H groups in total. The second-order valence-electron chi connectivity index (χ2n) is 14.9. The molecule has 0 spiro atoms. The molecule has 274 valence electrons. The maximum Gasteiger partial charge on any atom is 0.152 e. The van der Waals surface area contributed by atoms with Gasteiger partial charge in [-0.05, 0) is 87.5 Å². The molecule has 8 aromatic carbocycles. The maximum absolute atomic E-state index is 5.83. The summed E-state index contributed by atoms with van der Waals surface area (Å²) >= 11 is 0. The molecule has 12 rings (SSSR count). The molecule has 9 aromatic rings. The third-order valence-corrected chi connectivity index (χ3v) is 12.0. The molecule has 0 saturated heterocycles. The van der Waals surface area contributed by atoms with E-state index in [-0.39, 0.29) is 0 Å². The second kappa shape index (κ2) is 13.6. The first-order chi connectivity index (χ1) is 28.8. The van der Waals surface area contributed by atoms with Crippen molar-refractivity contribution in [2.45, 2.75) is 10.8 Å². The van der Waals surface area contributed by atoms with Crippen LogP contribution in [0.3, 0.4) is 0 Å². The molecule has 0 aliphatic heterocycles. The van der Waals surface area contributed by atoms with Crippen molar-refractivity contribution in [3.05, 3.63) is 275 Å². The summed E-state index contributed by atoms with van der Waals surface area (Å²) in [5, 5.41) is 0. The molecule has 2 bridgehead atoms. The van der Waals surface area contributed by atoms with Crippen molar-refractivity contribution < 1.29 is 0 Å². The predicted molar refractivity (Wildman–Crippen MR) is 235 cm³/mol. The highest BCUT2D eigenvalue weighted by Gasteiger charge is 2.61. The van der Waals surface area contributed by atoms with Gasteiger partial charge >= 0.3 is 0 Å². The standard InChI is InChI=1S/C54H38N4/c1-6-22-39(23-7-1)53-44-32-16-19-35-47(44)54(48-36-20-17-33-45(48)53,49-37-21-18-34-46(49)53)52-55-50(57(40-24-8-2-9-25-40)41-26-10-3-11-27-41)38-51(56-52)58(42-28-12-4-13-29-42)43-30-14-5-15-31-43/h1-38H. The van der Waals surface area contributed by atoms with Gasteiger partial charge in [-0.3, -0.25) is 9.80 Å². The van der Waals surface area contributed by atoms with E-state index in [0.717, 1.165) is 34.4 Å². The molecule has 1 aromatic heterocycles. The van der Waals surface area contributed by atoms with E-state index in [0.29, 0.717) is 5.82 Å². The number of anilines is 6. The van der Waals surface area contributed by atoms with Crippen LogP contribution in [0.4, 0.5) is 34.4 Å². The van der Waals surface area contributed by atoms with E-state index in [2.05, 4.69) is 240 Å². The molecule has 0 unspecified atom stereocenters. The Morgan fingerprint density at radius 2 is 0.534 bits per heavy atom. The van der Waals surface area contributed by atoms with Gasteiger partial charge in [0.1, 0.15) is 17.1 Å². The molecule has 4 heteroatoms. The molecule has 0 saturated carbocycles. The van der Waals surface area contributed by atoms with E-state index in [4.69, 9.17) is 9.97 Å². The average molecular weight is 743 g/mol. The largest absolute Gasteiger partial charge is 0.295 e. The first-order valence-electron chi connectivity index (χ1n) is 19.8. The van der Waals surface area contributed by atoms with Crippen molar-refractivity contribution in [2.24, 2.45) is 0 Å². The fourth-order valence-corrected chi connectivity index (χ4v) is 9.75. The number of rotatable bonds is 8. The number of hydrogen-bond acceptors (Lipinski definition) is 4. The van der Waals surface area contributed by atoms with Crippen LogP contribution in [0.15, 0.2) is 231 Å². The highest BCUT2D eigenvalue weighted by Crippen LogP contribution is 2.65. The summed E-state index contributed by atoms with van der Waals surface area (Å²) in [6.07, 6.45) is 0. The Morgan fingerprint density at radius 3 is 0.845 bits per heavy atom. The number of nitrogens with zero attached hydrogens (tertiary/aromatic N) is 4. The zero-order valence-electron chi connectivity index (χ0n) is 31.7. The molecule has 4 nitrogen and oxygen atoms in total. The van der Waals surface area contributed by atoms with Gasteiger partial charge in [0.15, 0.2) is 5.82 Å². The first kappa shape index (κ1) is 33.8. The van der Waals surface area contributed by atoms with Crippen LogP contribution < -0.4 is 9.80 Å². The predicted octanol–water partition coefficient (Wildman–Crippen LogP) is 12.8. The van der Waals surface area contributed by atoms with Crippen LogP contribution in [-0.4, -0.2) is 9.97 Å². The zero-order valence-corrected chi connectivity index (χ0v) is 31.7. The third-order valence-electron chi connectivity index (χ3n) is 12.0. The molecular weight excluding hydrogens is 705 g/mol. The van der Waals surface area contributed by atoms with Crippen LogP contribution in [0, 0.1) is 0 Å². The Bertz CT molecular complexity index is 2600. The Morgan fingerprint density at radius 1 is 0.276 bits per heavy atom. The highest BCUT2D eigenvalue weighted by molar-refractivity contribution is 5.84. The lowest BCUT2D eigenvalue weighted by Crippen LogP contribution is -2.52. The summed E-state index contributed by atoms with van der Waals surface area (Å²) < 4.78 is 0. The topological polar surface area (TPSA) is 32.3 Å². The SMILES string of the molecule is c1ccc(N(c2ccccc2)c2cc(N(c3ccccc3)c3ccccc3)nc(C34c5ccccc5C(c5ccccc5)(c5ccccc53)c3ccccc34)n2)cc1. The van der Waals surface area contributed by atoms with Crippen molar-refractivity contribution in [1.82, 2.24) is 9.97 Å². The van der Waals surface area contributed by atoms with Crippen LogP contribution in [0.5, 0.6) is 0 Å². The first-order valence-corrected chi connectivity index (χ1v) is 19.8. The van der Waals surface area contributed by atoms with Crippen LogP contribution >= 0.6 is 0 Å². The minimum atomic E-state index is -0.858. The molecule has 3 aliphatic carbocycles. The van der Waals surface area contributed by atoms with Crippen molar-refractivity contribution in [1.29, 1.82) is 0 Å². The Hall–Kier alpha value is -7.56. The van der Waals surface area contributed by atoms with Crippen LogP contribution in [-0.2, 0) is 10.8 Å². The highest BCUT2D eigenvalue weighted by atomic mass is 15.3. The van der Waals surface area contributed by atoms with Crippen LogP contribution in [0.25, 0.3) is 0 Å². The van der Waals surface area contributed by atoms with E-state index < -0.39 is 10.8 Å². The fraction of sp³-hybridized carbons (Fsp3) is 0.0370. The quantitative estimate of drug-likeness (QED) is 0.155. The zero-order chi connectivity index (χ0) is 38.5. The molecule has 0 atom stereocenters. The molecule has 0 fully saturated rings. The summed E-state index contributed by atoms with van der Waals surface area (Å²) in [6.45, 7) is 0. The molecular formula is C54H38N4. The van der Waals surface area contributed by atoms with Crippen molar-refractivity contribution >= 4 is 34.4 Å². The number of benzene rings is 8. The lowest BCUT2D eigenvalue weighted by molar-refractivity contribution is 0.536. The Labute approximate surface area is 339 Å². The van der Waals surface area contributed by atoms with Gasteiger partial charge < -0.3 is 0 Å². The normalized spacial score (nSPS) is 17.1. The van der Waals surface area contributed by atoms with Crippen LogP contribution in [0.2, 0.25) is 0 Å². The van der Waals surface area contributed by atoms with E-state index in [1.54, 1.807) is 0 Å². The summed E-state index contributed by atoms with van der Waals surface area (Å²) in [6, 6.07) is 82.2.